The summed E-state index contributed by atoms with van der Waals surface area (Å²) in [5.74, 6) is -0.291. The molecule has 0 aromatic heterocycles. The van der Waals surface area contributed by atoms with Gasteiger partial charge in [-0.05, 0) is 24.2 Å². The van der Waals surface area contributed by atoms with Gasteiger partial charge >= 0.3 is 0 Å². The summed E-state index contributed by atoms with van der Waals surface area (Å²) in [6.07, 6.45) is 0. The van der Waals surface area contributed by atoms with Crippen molar-refractivity contribution < 1.29 is 9.50 Å². The molecule has 1 atom stereocenters. The number of aliphatic hydroxyl groups excluding tert-OH is 1. The van der Waals surface area contributed by atoms with E-state index in [1.807, 2.05) is 11.8 Å². The van der Waals surface area contributed by atoms with E-state index in [9.17, 15) is 4.39 Å². The minimum absolute atomic E-state index is 0.0359. The molecule has 1 unspecified atom stereocenters. The van der Waals surface area contributed by atoms with E-state index in [4.69, 9.17) is 23.1 Å². The molecule has 1 aromatic carbocycles. The Kier molecular flexibility index (Phi) is 5.47. The smallest absolute Gasteiger partial charge is 0.123 e. The largest absolute Gasteiger partial charge is 0.395 e. The fourth-order valence-corrected chi connectivity index (χ4v) is 2.08. The molecule has 0 bridgehead atoms. The molecule has 0 fully saturated rings. The number of likely N-dealkylation sites (N-methyl/N-ethyl adjacent to an activating group) is 1. The van der Waals surface area contributed by atoms with Gasteiger partial charge in [-0.1, -0.05) is 31.3 Å². The minimum Gasteiger partial charge on any atom is -0.395 e. The number of benzene rings is 1. The van der Waals surface area contributed by atoms with E-state index < -0.39 is 0 Å². The lowest BCUT2D eigenvalue weighted by Crippen LogP contribution is -2.38. The Balaban J connectivity index is 2.99. The molecule has 0 saturated heterocycles. The van der Waals surface area contributed by atoms with Gasteiger partial charge < -0.3 is 10.8 Å². The first-order valence-electron chi connectivity index (χ1n) is 5.49. The number of nitrogens with zero attached hydrogens (tertiary/aromatic N) is 1. The van der Waals surface area contributed by atoms with Gasteiger partial charge in [-0.15, -0.1) is 0 Å². The predicted molar refractivity (Wildman–Crippen MR) is 70.3 cm³/mol. The third kappa shape index (κ3) is 3.73. The molecule has 0 aliphatic heterocycles. The monoisotopic (exact) mass is 256 g/mol. The molecule has 94 valence electrons. The molecule has 0 saturated carbocycles. The van der Waals surface area contributed by atoms with Crippen LogP contribution in [0.4, 0.5) is 4.39 Å². The molecule has 3 nitrogen and oxygen atoms in total. The average molecular weight is 256 g/mol. The fraction of sp³-hybridized carbons (Fsp3) is 0.417. The van der Waals surface area contributed by atoms with Crippen molar-refractivity contribution in [1.29, 1.82) is 0 Å². The van der Waals surface area contributed by atoms with Crippen LogP contribution in [0.5, 0.6) is 0 Å². The van der Waals surface area contributed by atoms with Gasteiger partial charge in [-0.25, -0.2) is 4.39 Å². The molecule has 0 spiro atoms. The summed E-state index contributed by atoms with van der Waals surface area (Å²) >= 11 is 5.05. The highest BCUT2D eigenvalue weighted by atomic mass is 32.1. The molecular weight excluding hydrogens is 239 g/mol. The Labute approximate surface area is 106 Å². The normalized spacial score (nSPS) is 12.7. The van der Waals surface area contributed by atoms with Crippen LogP contribution in [0.15, 0.2) is 24.3 Å². The zero-order chi connectivity index (χ0) is 12.8. The van der Waals surface area contributed by atoms with Crippen LogP contribution in [-0.2, 0) is 0 Å². The third-order valence-corrected chi connectivity index (χ3v) is 2.84. The van der Waals surface area contributed by atoms with Crippen molar-refractivity contribution >= 4 is 17.2 Å². The fourth-order valence-electron chi connectivity index (χ4n) is 1.80. The molecule has 5 heteroatoms. The third-order valence-electron chi connectivity index (χ3n) is 2.61. The Hall–Kier alpha value is -1.04. The molecule has 0 aliphatic rings. The Bertz CT molecular complexity index is 369. The van der Waals surface area contributed by atoms with E-state index in [1.165, 1.54) is 12.1 Å². The number of hydrogen-bond donors (Lipinski definition) is 2. The van der Waals surface area contributed by atoms with Crippen LogP contribution >= 0.6 is 12.2 Å². The van der Waals surface area contributed by atoms with Crippen LogP contribution < -0.4 is 5.73 Å². The number of rotatable bonds is 6. The van der Waals surface area contributed by atoms with Crippen molar-refractivity contribution in [2.75, 3.05) is 19.7 Å². The second-order valence-corrected chi connectivity index (χ2v) is 4.18. The first-order valence-corrected chi connectivity index (χ1v) is 5.90. The van der Waals surface area contributed by atoms with Gasteiger partial charge in [0.05, 0.1) is 17.6 Å². The van der Waals surface area contributed by atoms with Gasteiger partial charge in [-0.3, -0.25) is 4.90 Å². The van der Waals surface area contributed by atoms with Crippen molar-refractivity contribution in [3.05, 3.63) is 35.6 Å². The first kappa shape index (κ1) is 14.0. The Morgan fingerprint density at radius 3 is 2.47 bits per heavy atom. The molecule has 0 heterocycles. The van der Waals surface area contributed by atoms with Gasteiger partial charge in [0.25, 0.3) is 0 Å². The predicted octanol–water partition coefficient (Wildman–Crippen LogP) is 1.47. The average Bonchev–Trinajstić information content (AvgIpc) is 2.30. The molecule has 17 heavy (non-hydrogen) atoms. The van der Waals surface area contributed by atoms with Crippen molar-refractivity contribution in [3.63, 3.8) is 0 Å². The van der Waals surface area contributed by atoms with Crippen molar-refractivity contribution in [1.82, 2.24) is 4.90 Å². The minimum atomic E-state index is -0.291. The van der Waals surface area contributed by atoms with Crippen LogP contribution in [0.25, 0.3) is 0 Å². The van der Waals surface area contributed by atoms with Crippen molar-refractivity contribution in [2.24, 2.45) is 5.73 Å². The second-order valence-electron chi connectivity index (χ2n) is 3.71. The van der Waals surface area contributed by atoms with Crippen molar-refractivity contribution in [2.45, 2.75) is 13.0 Å². The number of nitrogens with two attached hydrogens (primary N) is 1. The van der Waals surface area contributed by atoms with Crippen molar-refractivity contribution in [3.8, 4) is 0 Å². The summed E-state index contributed by atoms with van der Waals surface area (Å²) < 4.78 is 12.9. The quantitative estimate of drug-likeness (QED) is 0.757. The van der Waals surface area contributed by atoms with Crippen LogP contribution in [0.2, 0.25) is 0 Å². The van der Waals surface area contributed by atoms with Crippen LogP contribution in [-0.4, -0.2) is 34.7 Å². The SMILES string of the molecule is CCN(CCO)C(C(N)=S)c1ccc(F)cc1. The summed E-state index contributed by atoms with van der Waals surface area (Å²) in [6, 6.07) is 5.84. The van der Waals surface area contributed by atoms with E-state index in [1.54, 1.807) is 12.1 Å². The van der Waals surface area contributed by atoms with E-state index in [2.05, 4.69) is 0 Å². The highest BCUT2D eigenvalue weighted by Gasteiger charge is 2.21. The van der Waals surface area contributed by atoms with E-state index in [0.717, 1.165) is 5.56 Å². The molecule has 0 aliphatic carbocycles. The number of thiocarbonyl (C=S) groups is 1. The van der Waals surface area contributed by atoms with E-state index in [-0.39, 0.29) is 18.5 Å². The summed E-state index contributed by atoms with van der Waals surface area (Å²) in [4.78, 5) is 2.28. The molecule has 0 radical (unpaired) electrons. The topological polar surface area (TPSA) is 49.5 Å². The maximum atomic E-state index is 12.9. The number of hydrogen-bond acceptors (Lipinski definition) is 3. The maximum absolute atomic E-state index is 12.9. The highest BCUT2D eigenvalue weighted by Crippen LogP contribution is 2.21. The summed E-state index contributed by atoms with van der Waals surface area (Å²) in [7, 11) is 0. The molecule has 0 amide bonds. The van der Waals surface area contributed by atoms with Gasteiger partial charge in [0.2, 0.25) is 0 Å². The zero-order valence-corrected chi connectivity index (χ0v) is 10.6. The molecule has 1 aromatic rings. The van der Waals surface area contributed by atoms with Gasteiger partial charge in [0, 0.05) is 6.54 Å². The zero-order valence-electron chi connectivity index (χ0n) is 9.77. The van der Waals surface area contributed by atoms with Gasteiger partial charge in [0.1, 0.15) is 5.82 Å². The molecule has 1 rings (SSSR count). The molecular formula is C12H17FN2OS. The first-order chi connectivity index (χ1) is 8.10. The van der Waals surface area contributed by atoms with Gasteiger partial charge in [0.15, 0.2) is 0 Å². The van der Waals surface area contributed by atoms with E-state index >= 15 is 0 Å². The molecule has 3 N–H and O–H groups in total. The van der Waals surface area contributed by atoms with Crippen LogP contribution in [0.3, 0.4) is 0 Å². The van der Waals surface area contributed by atoms with Crippen LogP contribution in [0, 0.1) is 5.82 Å². The van der Waals surface area contributed by atoms with Crippen LogP contribution in [0.1, 0.15) is 18.5 Å². The standard InChI is InChI=1S/C12H17FN2OS/c1-2-15(7-8-16)11(12(14)17)9-3-5-10(13)6-4-9/h3-6,11,16H,2,7-8H2,1H3,(H2,14,17). The lowest BCUT2D eigenvalue weighted by Gasteiger charge is -2.29. The Morgan fingerprint density at radius 1 is 1.47 bits per heavy atom. The number of halogens is 1. The maximum Gasteiger partial charge on any atom is 0.123 e. The second kappa shape index (κ2) is 6.64. The highest BCUT2D eigenvalue weighted by molar-refractivity contribution is 7.80. The van der Waals surface area contributed by atoms with E-state index in [0.29, 0.717) is 18.1 Å². The number of aliphatic hydroxyl groups is 1. The lowest BCUT2D eigenvalue weighted by atomic mass is 10.1. The summed E-state index contributed by atoms with van der Waals surface area (Å²) in [5, 5.41) is 9.00. The summed E-state index contributed by atoms with van der Waals surface area (Å²) in [6.45, 7) is 3.19. The summed E-state index contributed by atoms with van der Waals surface area (Å²) in [5.41, 5.74) is 6.57. The lowest BCUT2D eigenvalue weighted by molar-refractivity contribution is 0.185. The Morgan fingerprint density at radius 2 is 2.06 bits per heavy atom. The van der Waals surface area contributed by atoms with Gasteiger partial charge in [-0.2, -0.15) is 0 Å².